The smallest absolute Gasteiger partial charge is 0.00330 e. The Morgan fingerprint density at radius 1 is 1.44 bits per heavy atom. The van der Waals surface area contributed by atoms with Crippen LogP contribution in [0.4, 0.5) is 0 Å². The second-order valence-electron chi connectivity index (χ2n) is 3.78. The van der Waals surface area contributed by atoms with Crippen molar-refractivity contribution >= 4 is 0 Å². The van der Waals surface area contributed by atoms with E-state index >= 15 is 0 Å². The highest BCUT2D eigenvalue weighted by Crippen LogP contribution is 2.27. The summed E-state index contributed by atoms with van der Waals surface area (Å²) in [5, 5.41) is 0. The first-order valence-corrected chi connectivity index (χ1v) is 3.86. The molecule has 0 radical (unpaired) electrons. The molecule has 0 saturated carbocycles. The van der Waals surface area contributed by atoms with E-state index in [1.807, 2.05) is 0 Å². The van der Waals surface area contributed by atoms with Crippen molar-refractivity contribution in [2.45, 2.75) is 27.2 Å². The minimum absolute atomic E-state index is 0.593. The minimum Gasteiger partial charge on any atom is -0.303 e. The van der Waals surface area contributed by atoms with Crippen molar-refractivity contribution in [2.75, 3.05) is 19.6 Å². The maximum absolute atomic E-state index is 2.51. The minimum atomic E-state index is 0.593. The van der Waals surface area contributed by atoms with Gasteiger partial charge in [-0.25, -0.2) is 0 Å². The Labute approximate surface area is 58.0 Å². The monoisotopic (exact) mass is 127 g/mol. The molecule has 1 heterocycles. The zero-order valence-corrected chi connectivity index (χ0v) is 6.78. The lowest BCUT2D eigenvalue weighted by atomic mass is 9.93. The van der Waals surface area contributed by atoms with Crippen molar-refractivity contribution in [1.29, 1.82) is 0 Å². The molecule has 1 nitrogen and oxygen atoms in total. The lowest BCUT2D eigenvalue weighted by Gasteiger charge is -2.17. The van der Waals surface area contributed by atoms with Gasteiger partial charge in [-0.3, -0.25) is 0 Å². The zero-order valence-electron chi connectivity index (χ0n) is 6.78. The molecule has 54 valence electrons. The summed E-state index contributed by atoms with van der Waals surface area (Å²) in [6.07, 6.45) is 1.38. The quantitative estimate of drug-likeness (QED) is 0.518. The fraction of sp³-hybridized carbons (Fsp3) is 1.00. The van der Waals surface area contributed by atoms with Gasteiger partial charge in [-0.1, -0.05) is 20.8 Å². The summed E-state index contributed by atoms with van der Waals surface area (Å²) in [5.74, 6) is 0. The molecule has 0 N–H and O–H groups in total. The van der Waals surface area contributed by atoms with Crippen molar-refractivity contribution in [3.63, 3.8) is 0 Å². The molecule has 0 aromatic carbocycles. The summed E-state index contributed by atoms with van der Waals surface area (Å²) in [6, 6.07) is 0. The van der Waals surface area contributed by atoms with Gasteiger partial charge in [-0.05, 0) is 24.9 Å². The van der Waals surface area contributed by atoms with E-state index in [0.717, 1.165) is 0 Å². The van der Waals surface area contributed by atoms with E-state index in [0.29, 0.717) is 5.41 Å². The van der Waals surface area contributed by atoms with Crippen molar-refractivity contribution in [3.05, 3.63) is 0 Å². The first-order chi connectivity index (χ1) is 4.14. The largest absolute Gasteiger partial charge is 0.303 e. The molecule has 1 saturated heterocycles. The Balaban J connectivity index is 2.38. The van der Waals surface area contributed by atoms with Crippen LogP contribution in [-0.2, 0) is 0 Å². The van der Waals surface area contributed by atoms with Gasteiger partial charge in [0.15, 0.2) is 0 Å². The van der Waals surface area contributed by atoms with Gasteiger partial charge in [0.2, 0.25) is 0 Å². The molecule has 0 bridgehead atoms. The Morgan fingerprint density at radius 3 is 2.33 bits per heavy atom. The van der Waals surface area contributed by atoms with Crippen molar-refractivity contribution in [2.24, 2.45) is 5.41 Å². The predicted octanol–water partition coefficient (Wildman–Crippen LogP) is 1.74. The van der Waals surface area contributed by atoms with Crippen molar-refractivity contribution in [3.8, 4) is 0 Å². The molecular formula is C8H17N. The molecule has 9 heavy (non-hydrogen) atoms. The molecule has 0 aliphatic carbocycles. The van der Waals surface area contributed by atoms with Crippen LogP contribution in [0.15, 0.2) is 0 Å². The van der Waals surface area contributed by atoms with E-state index in [9.17, 15) is 0 Å². The van der Waals surface area contributed by atoms with E-state index < -0.39 is 0 Å². The molecule has 1 heteroatoms. The second kappa shape index (κ2) is 2.30. The van der Waals surface area contributed by atoms with Gasteiger partial charge in [-0.2, -0.15) is 0 Å². The van der Waals surface area contributed by atoms with Gasteiger partial charge in [0, 0.05) is 6.54 Å². The summed E-state index contributed by atoms with van der Waals surface area (Å²) in [5.41, 5.74) is 0.593. The van der Waals surface area contributed by atoms with E-state index in [2.05, 4.69) is 25.7 Å². The SMILES string of the molecule is CCN1CCC(C)(C)C1. The van der Waals surface area contributed by atoms with E-state index in [4.69, 9.17) is 0 Å². The van der Waals surface area contributed by atoms with E-state index in [-0.39, 0.29) is 0 Å². The third kappa shape index (κ3) is 1.68. The van der Waals surface area contributed by atoms with Gasteiger partial charge in [0.25, 0.3) is 0 Å². The zero-order chi connectivity index (χ0) is 6.91. The molecular weight excluding hydrogens is 110 g/mol. The van der Waals surface area contributed by atoms with E-state index in [1.54, 1.807) is 0 Å². The van der Waals surface area contributed by atoms with Crippen molar-refractivity contribution < 1.29 is 0 Å². The van der Waals surface area contributed by atoms with Gasteiger partial charge in [0.1, 0.15) is 0 Å². The van der Waals surface area contributed by atoms with Gasteiger partial charge >= 0.3 is 0 Å². The summed E-state index contributed by atoms with van der Waals surface area (Å²) in [7, 11) is 0. The van der Waals surface area contributed by atoms with Crippen molar-refractivity contribution in [1.82, 2.24) is 4.90 Å². The topological polar surface area (TPSA) is 3.24 Å². The molecule has 1 aliphatic heterocycles. The molecule has 0 amide bonds. The third-order valence-corrected chi connectivity index (χ3v) is 2.20. The average Bonchev–Trinajstić information content (AvgIpc) is 2.10. The normalized spacial score (nSPS) is 27.0. The summed E-state index contributed by atoms with van der Waals surface area (Å²) < 4.78 is 0. The number of hydrogen-bond donors (Lipinski definition) is 0. The predicted molar refractivity (Wildman–Crippen MR) is 40.5 cm³/mol. The molecule has 0 atom stereocenters. The number of likely N-dealkylation sites (tertiary alicyclic amines) is 1. The van der Waals surface area contributed by atoms with E-state index in [1.165, 1.54) is 26.1 Å². The van der Waals surface area contributed by atoms with Crippen LogP contribution in [-0.4, -0.2) is 24.5 Å². The number of rotatable bonds is 1. The Kier molecular flexibility index (Phi) is 1.80. The highest BCUT2D eigenvalue weighted by molar-refractivity contribution is 4.81. The summed E-state index contributed by atoms with van der Waals surface area (Å²) in [6.45, 7) is 10.8. The third-order valence-electron chi connectivity index (χ3n) is 2.20. The van der Waals surface area contributed by atoms with Gasteiger partial charge in [0.05, 0.1) is 0 Å². The summed E-state index contributed by atoms with van der Waals surface area (Å²) in [4.78, 5) is 2.51. The molecule has 1 fully saturated rings. The average molecular weight is 127 g/mol. The van der Waals surface area contributed by atoms with Gasteiger partial charge in [-0.15, -0.1) is 0 Å². The molecule has 0 aromatic rings. The van der Waals surface area contributed by atoms with Crippen LogP contribution >= 0.6 is 0 Å². The Hall–Kier alpha value is -0.0400. The van der Waals surface area contributed by atoms with Crippen LogP contribution in [0.5, 0.6) is 0 Å². The lowest BCUT2D eigenvalue weighted by Crippen LogP contribution is -2.22. The van der Waals surface area contributed by atoms with Crippen LogP contribution in [0, 0.1) is 5.41 Å². The maximum atomic E-state index is 2.51. The number of nitrogens with zero attached hydrogens (tertiary/aromatic N) is 1. The fourth-order valence-corrected chi connectivity index (χ4v) is 1.49. The molecule has 0 aromatic heterocycles. The number of hydrogen-bond acceptors (Lipinski definition) is 1. The highest BCUT2D eigenvalue weighted by Gasteiger charge is 2.27. The molecule has 0 unspecified atom stereocenters. The first kappa shape index (κ1) is 7.07. The van der Waals surface area contributed by atoms with Crippen LogP contribution < -0.4 is 0 Å². The Morgan fingerprint density at radius 2 is 2.11 bits per heavy atom. The fourth-order valence-electron chi connectivity index (χ4n) is 1.49. The second-order valence-corrected chi connectivity index (χ2v) is 3.78. The molecule has 1 rings (SSSR count). The molecule has 1 aliphatic rings. The first-order valence-electron chi connectivity index (χ1n) is 3.86. The standard InChI is InChI=1S/C8H17N/c1-4-9-6-5-8(2,3)7-9/h4-7H2,1-3H3. The summed E-state index contributed by atoms with van der Waals surface area (Å²) >= 11 is 0. The van der Waals surface area contributed by atoms with Gasteiger partial charge < -0.3 is 4.90 Å². The highest BCUT2D eigenvalue weighted by atomic mass is 15.1. The van der Waals surface area contributed by atoms with Crippen LogP contribution in [0.1, 0.15) is 27.2 Å². The maximum Gasteiger partial charge on any atom is 0.00330 e. The van der Waals surface area contributed by atoms with Crippen LogP contribution in [0.3, 0.4) is 0 Å². The Bertz CT molecular complexity index is 96.7. The van der Waals surface area contributed by atoms with Crippen LogP contribution in [0.2, 0.25) is 0 Å². The lowest BCUT2D eigenvalue weighted by molar-refractivity contribution is 0.303. The molecule has 0 spiro atoms. The van der Waals surface area contributed by atoms with Crippen LogP contribution in [0.25, 0.3) is 0 Å².